The predicted octanol–water partition coefficient (Wildman–Crippen LogP) is 1.52. The molecular weight excluding hydrogens is 226 g/mol. The standard InChI is InChI=1S/C13H13N5/c14-6-5-12-15-7-9(8-16-12)13-17-10-3-1-2-4-11(10)18-13/h1-4,7-8H,5-6,14H2,(H,17,18). The minimum absolute atomic E-state index is 0.560. The molecule has 0 unspecified atom stereocenters. The number of hydrogen-bond donors (Lipinski definition) is 2. The number of nitrogens with one attached hydrogen (secondary N) is 1. The van der Waals surface area contributed by atoms with Gasteiger partial charge in [0.1, 0.15) is 11.6 Å². The number of benzene rings is 1. The molecule has 3 aromatic rings. The molecule has 3 N–H and O–H groups in total. The molecule has 90 valence electrons. The van der Waals surface area contributed by atoms with Gasteiger partial charge in [-0.2, -0.15) is 0 Å². The smallest absolute Gasteiger partial charge is 0.141 e. The minimum Gasteiger partial charge on any atom is -0.338 e. The summed E-state index contributed by atoms with van der Waals surface area (Å²) in [5.41, 5.74) is 8.30. The molecule has 0 saturated heterocycles. The van der Waals surface area contributed by atoms with Crippen molar-refractivity contribution in [1.82, 2.24) is 19.9 Å². The van der Waals surface area contributed by atoms with E-state index in [0.29, 0.717) is 13.0 Å². The molecule has 0 amide bonds. The Morgan fingerprint density at radius 1 is 1.11 bits per heavy atom. The number of imidazole rings is 1. The zero-order valence-corrected chi connectivity index (χ0v) is 9.80. The molecule has 3 rings (SSSR count). The maximum Gasteiger partial charge on any atom is 0.141 e. The molecule has 1 aromatic carbocycles. The number of hydrogen-bond acceptors (Lipinski definition) is 4. The van der Waals surface area contributed by atoms with Crippen LogP contribution in [-0.2, 0) is 6.42 Å². The Kier molecular flexibility index (Phi) is 2.74. The number of para-hydroxylation sites is 2. The second-order valence-corrected chi connectivity index (χ2v) is 4.03. The van der Waals surface area contributed by atoms with E-state index in [1.807, 2.05) is 24.3 Å². The summed E-state index contributed by atoms with van der Waals surface area (Å²) in [7, 11) is 0. The lowest BCUT2D eigenvalue weighted by molar-refractivity contribution is 0.867. The molecule has 0 radical (unpaired) electrons. The summed E-state index contributed by atoms with van der Waals surface area (Å²) in [5.74, 6) is 1.55. The van der Waals surface area contributed by atoms with Crippen molar-refractivity contribution in [1.29, 1.82) is 0 Å². The summed E-state index contributed by atoms with van der Waals surface area (Å²) in [6.07, 6.45) is 4.24. The number of H-pyrrole nitrogens is 1. The van der Waals surface area contributed by atoms with E-state index in [0.717, 1.165) is 28.2 Å². The molecule has 0 atom stereocenters. The quantitative estimate of drug-likeness (QED) is 0.726. The van der Waals surface area contributed by atoms with Crippen molar-refractivity contribution in [3.63, 3.8) is 0 Å². The van der Waals surface area contributed by atoms with Gasteiger partial charge in [0.25, 0.3) is 0 Å². The lowest BCUT2D eigenvalue weighted by atomic mass is 10.3. The van der Waals surface area contributed by atoms with Gasteiger partial charge in [-0.15, -0.1) is 0 Å². The first-order valence-corrected chi connectivity index (χ1v) is 5.83. The van der Waals surface area contributed by atoms with Gasteiger partial charge in [-0.3, -0.25) is 0 Å². The number of rotatable bonds is 3. The molecule has 2 heterocycles. The van der Waals surface area contributed by atoms with Crippen LogP contribution in [0.4, 0.5) is 0 Å². The first-order valence-electron chi connectivity index (χ1n) is 5.83. The highest BCUT2D eigenvalue weighted by Crippen LogP contribution is 2.18. The van der Waals surface area contributed by atoms with Crippen LogP contribution >= 0.6 is 0 Å². The van der Waals surface area contributed by atoms with Gasteiger partial charge in [0.2, 0.25) is 0 Å². The molecule has 2 aromatic heterocycles. The van der Waals surface area contributed by atoms with E-state index in [2.05, 4.69) is 19.9 Å². The molecule has 0 aliphatic rings. The van der Waals surface area contributed by atoms with Gasteiger partial charge in [0.15, 0.2) is 0 Å². The van der Waals surface area contributed by atoms with Gasteiger partial charge < -0.3 is 10.7 Å². The van der Waals surface area contributed by atoms with Gasteiger partial charge in [-0.05, 0) is 18.7 Å². The zero-order chi connectivity index (χ0) is 12.4. The predicted molar refractivity (Wildman–Crippen MR) is 69.9 cm³/mol. The fraction of sp³-hybridized carbons (Fsp3) is 0.154. The molecule has 0 saturated carbocycles. The Labute approximate surface area is 104 Å². The summed E-state index contributed by atoms with van der Waals surface area (Å²) >= 11 is 0. The highest BCUT2D eigenvalue weighted by molar-refractivity contribution is 5.78. The van der Waals surface area contributed by atoms with Crippen LogP contribution in [-0.4, -0.2) is 26.5 Å². The fourth-order valence-electron chi connectivity index (χ4n) is 1.82. The van der Waals surface area contributed by atoms with Crippen molar-refractivity contribution in [2.75, 3.05) is 6.54 Å². The van der Waals surface area contributed by atoms with Crippen LogP contribution in [0.3, 0.4) is 0 Å². The highest BCUT2D eigenvalue weighted by Gasteiger charge is 2.05. The molecule has 18 heavy (non-hydrogen) atoms. The Bertz CT molecular complexity index is 623. The van der Waals surface area contributed by atoms with Crippen LogP contribution < -0.4 is 5.73 Å². The number of aromatic nitrogens is 4. The average Bonchev–Trinajstić information content (AvgIpc) is 2.84. The van der Waals surface area contributed by atoms with Crippen LogP contribution in [0.15, 0.2) is 36.7 Å². The van der Waals surface area contributed by atoms with Crippen LogP contribution in [0, 0.1) is 0 Å². The van der Waals surface area contributed by atoms with Gasteiger partial charge >= 0.3 is 0 Å². The third kappa shape index (κ3) is 1.96. The normalized spacial score (nSPS) is 10.9. The second-order valence-electron chi connectivity index (χ2n) is 4.03. The molecule has 0 aliphatic heterocycles. The van der Waals surface area contributed by atoms with E-state index in [9.17, 15) is 0 Å². The number of fused-ring (bicyclic) bond motifs is 1. The van der Waals surface area contributed by atoms with E-state index >= 15 is 0 Å². The lowest BCUT2D eigenvalue weighted by Crippen LogP contribution is -2.06. The Hall–Kier alpha value is -2.27. The SMILES string of the molecule is NCCc1ncc(-c2nc3ccccc3[nH]2)cn1. The van der Waals surface area contributed by atoms with Crippen molar-refractivity contribution in [3.05, 3.63) is 42.5 Å². The summed E-state index contributed by atoms with van der Waals surface area (Å²) < 4.78 is 0. The topological polar surface area (TPSA) is 80.5 Å². The van der Waals surface area contributed by atoms with E-state index < -0.39 is 0 Å². The van der Waals surface area contributed by atoms with Crippen molar-refractivity contribution in [2.45, 2.75) is 6.42 Å². The Balaban J connectivity index is 1.98. The van der Waals surface area contributed by atoms with Crippen molar-refractivity contribution >= 4 is 11.0 Å². The fourth-order valence-corrected chi connectivity index (χ4v) is 1.82. The lowest BCUT2D eigenvalue weighted by Gasteiger charge is -1.98. The van der Waals surface area contributed by atoms with Gasteiger partial charge in [0, 0.05) is 18.8 Å². The maximum atomic E-state index is 5.46. The maximum absolute atomic E-state index is 5.46. The Morgan fingerprint density at radius 2 is 1.89 bits per heavy atom. The average molecular weight is 239 g/mol. The highest BCUT2D eigenvalue weighted by atomic mass is 14.9. The van der Waals surface area contributed by atoms with Crippen LogP contribution in [0.25, 0.3) is 22.4 Å². The largest absolute Gasteiger partial charge is 0.338 e. The Morgan fingerprint density at radius 3 is 2.61 bits per heavy atom. The van der Waals surface area contributed by atoms with Crippen LogP contribution in [0.5, 0.6) is 0 Å². The molecule has 0 bridgehead atoms. The summed E-state index contributed by atoms with van der Waals surface area (Å²) in [6, 6.07) is 7.91. The van der Waals surface area contributed by atoms with E-state index in [1.54, 1.807) is 12.4 Å². The van der Waals surface area contributed by atoms with Crippen LogP contribution in [0.2, 0.25) is 0 Å². The first-order chi connectivity index (χ1) is 8.86. The van der Waals surface area contributed by atoms with Crippen LogP contribution in [0.1, 0.15) is 5.82 Å². The van der Waals surface area contributed by atoms with Gasteiger partial charge in [-0.25, -0.2) is 15.0 Å². The zero-order valence-electron chi connectivity index (χ0n) is 9.80. The van der Waals surface area contributed by atoms with E-state index in [-0.39, 0.29) is 0 Å². The second kappa shape index (κ2) is 4.54. The van der Waals surface area contributed by atoms with Crippen molar-refractivity contribution < 1.29 is 0 Å². The molecule has 0 fully saturated rings. The molecule has 5 heteroatoms. The molecular formula is C13H13N5. The first kappa shape index (κ1) is 10.9. The minimum atomic E-state index is 0.560. The number of nitrogens with two attached hydrogens (primary N) is 1. The van der Waals surface area contributed by atoms with Crippen molar-refractivity contribution in [2.24, 2.45) is 5.73 Å². The monoisotopic (exact) mass is 239 g/mol. The molecule has 0 spiro atoms. The van der Waals surface area contributed by atoms with E-state index in [4.69, 9.17) is 5.73 Å². The number of aromatic amines is 1. The third-order valence-electron chi connectivity index (χ3n) is 2.74. The summed E-state index contributed by atoms with van der Waals surface area (Å²) in [4.78, 5) is 16.3. The molecule has 5 nitrogen and oxygen atoms in total. The summed E-state index contributed by atoms with van der Waals surface area (Å²) in [5, 5.41) is 0. The molecule has 0 aliphatic carbocycles. The van der Waals surface area contributed by atoms with E-state index in [1.165, 1.54) is 0 Å². The third-order valence-corrected chi connectivity index (χ3v) is 2.74. The van der Waals surface area contributed by atoms with Crippen molar-refractivity contribution in [3.8, 4) is 11.4 Å². The van der Waals surface area contributed by atoms with Gasteiger partial charge in [0.05, 0.1) is 16.6 Å². The van der Waals surface area contributed by atoms with Gasteiger partial charge in [-0.1, -0.05) is 12.1 Å². The summed E-state index contributed by atoms with van der Waals surface area (Å²) in [6.45, 7) is 0.560. The number of nitrogens with zero attached hydrogens (tertiary/aromatic N) is 3.